The fourth-order valence-electron chi connectivity index (χ4n) is 0.300. The summed E-state index contributed by atoms with van der Waals surface area (Å²) in [7, 11) is 0. The molecule has 4 heteroatoms. The number of carbonyl (C=O) groups is 1. The molecule has 4 nitrogen and oxygen atoms in total. The summed E-state index contributed by atoms with van der Waals surface area (Å²) in [6, 6.07) is 0. The summed E-state index contributed by atoms with van der Waals surface area (Å²) in [6.45, 7) is 3.67. The molecule has 3 N–H and O–H groups in total. The molecule has 0 saturated carbocycles. The molecule has 0 rings (SSSR count). The second-order valence-corrected chi connectivity index (χ2v) is 2.63. The Morgan fingerprint density at radius 1 is 1.78 bits per heavy atom. The molecule has 9 heavy (non-hydrogen) atoms. The lowest BCUT2D eigenvalue weighted by Crippen LogP contribution is -2.48. The van der Waals surface area contributed by atoms with Crippen LogP contribution in [0.2, 0.25) is 0 Å². The first-order valence-corrected chi connectivity index (χ1v) is 2.65. The van der Waals surface area contributed by atoms with E-state index < -0.39 is 11.6 Å². The predicted molar refractivity (Wildman–Crippen MR) is 31.7 cm³/mol. The zero-order valence-corrected chi connectivity index (χ0v) is 5.60. The molecule has 0 aliphatic heterocycles. The van der Waals surface area contributed by atoms with Crippen molar-refractivity contribution in [2.75, 3.05) is 6.54 Å². The van der Waals surface area contributed by atoms with Crippen molar-refractivity contribution in [3.8, 4) is 0 Å². The topological polar surface area (TPSA) is 78.2 Å². The number of hydrogen-bond acceptors (Lipinski definition) is 3. The highest BCUT2D eigenvalue weighted by atomic mass is 16.4. The van der Waals surface area contributed by atoms with Gasteiger partial charge in [0.2, 0.25) is 0 Å². The number of nitrogens with two attached hydrogens (primary N) is 1. The summed E-state index contributed by atoms with van der Waals surface area (Å²) in [4.78, 5) is 9.77. The fourth-order valence-corrected chi connectivity index (χ4v) is 0.300. The first-order valence-electron chi connectivity index (χ1n) is 2.65. The van der Waals surface area contributed by atoms with Crippen LogP contribution in [0, 0.1) is 0 Å². The molecule has 0 spiro atoms. The first-order chi connectivity index (χ1) is 3.92. The van der Waals surface area contributed by atoms with E-state index in [1.54, 1.807) is 13.8 Å². The summed E-state index contributed by atoms with van der Waals surface area (Å²) < 4.78 is 0. The van der Waals surface area contributed by atoms with Crippen molar-refractivity contribution >= 4 is 6.09 Å². The van der Waals surface area contributed by atoms with E-state index in [4.69, 9.17) is 5.73 Å². The quantitative estimate of drug-likeness (QED) is 0.486. The molecule has 0 bridgehead atoms. The largest absolute Gasteiger partial charge is 0.530 e. The first kappa shape index (κ1) is 8.23. The molecule has 0 saturated heterocycles. The van der Waals surface area contributed by atoms with Gasteiger partial charge >= 0.3 is 0 Å². The molecular formula is C5H11N2O2-. The fraction of sp³-hybridized carbons (Fsp3) is 0.800. The van der Waals surface area contributed by atoms with Crippen LogP contribution in [0.15, 0.2) is 0 Å². The van der Waals surface area contributed by atoms with Crippen molar-refractivity contribution in [1.29, 1.82) is 0 Å². The molecule has 0 radical (unpaired) electrons. The molecule has 1 amide bonds. The molecular weight excluding hydrogens is 120 g/mol. The molecule has 0 aliphatic carbocycles. The van der Waals surface area contributed by atoms with Crippen molar-refractivity contribution in [3.63, 3.8) is 0 Å². The number of nitrogens with one attached hydrogen (secondary N) is 1. The smallest absolute Gasteiger partial charge is 0.134 e. The highest BCUT2D eigenvalue weighted by Crippen LogP contribution is 1.91. The molecule has 0 aliphatic rings. The van der Waals surface area contributed by atoms with Gasteiger partial charge in [0.25, 0.3) is 0 Å². The zero-order chi connectivity index (χ0) is 7.49. The monoisotopic (exact) mass is 131 g/mol. The van der Waals surface area contributed by atoms with Gasteiger partial charge in [0.05, 0.1) is 0 Å². The van der Waals surface area contributed by atoms with Crippen molar-refractivity contribution in [2.45, 2.75) is 19.4 Å². The van der Waals surface area contributed by atoms with Gasteiger partial charge in [-0.15, -0.1) is 0 Å². The van der Waals surface area contributed by atoms with Crippen LogP contribution in [0.5, 0.6) is 0 Å². The molecule has 0 atom stereocenters. The molecule has 54 valence electrons. The van der Waals surface area contributed by atoms with Gasteiger partial charge in [-0.2, -0.15) is 0 Å². The number of carbonyl (C=O) groups excluding carboxylic acids is 1. The number of amides is 1. The third kappa shape index (κ3) is 7.23. The van der Waals surface area contributed by atoms with Crippen molar-refractivity contribution < 1.29 is 9.90 Å². The lowest BCUT2D eigenvalue weighted by molar-refractivity contribution is -0.250. The molecule has 0 heterocycles. The van der Waals surface area contributed by atoms with Crippen LogP contribution in [0.25, 0.3) is 0 Å². The van der Waals surface area contributed by atoms with Gasteiger partial charge in [-0.3, -0.25) is 0 Å². The predicted octanol–water partition coefficient (Wildman–Crippen LogP) is -1.34. The van der Waals surface area contributed by atoms with Crippen LogP contribution in [-0.2, 0) is 0 Å². The van der Waals surface area contributed by atoms with E-state index in [-0.39, 0.29) is 6.54 Å². The molecule has 0 aromatic heterocycles. The van der Waals surface area contributed by atoms with Crippen LogP contribution in [0.1, 0.15) is 13.8 Å². The zero-order valence-electron chi connectivity index (χ0n) is 5.60. The van der Waals surface area contributed by atoms with Gasteiger partial charge in [-0.25, -0.2) is 0 Å². The van der Waals surface area contributed by atoms with Gasteiger partial charge < -0.3 is 21.0 Å². The lowest BCUT2D eigenvalue weighted by atomic mass is 10.1. The van der Waals surface area contributed by atoms with Gasteiger partial charge in [0.15, 0.2) is 0 Å². The van der Waals surface area contributed by atoms with E-state index in [2.05, 4.69) is 5.32 Å². The summed E-state index contributed by atoms with van der Waals surface area (Å²) in [5.74, 6) is 0. The number of carboxylic acid groups (broad SMARTS) is 1. The second-order valence-electron chi connectivity index (χ2n) is 2.63. The summed E-state index contributed by atoms with van der Waals surface area (Å²) in [5.41, 5.74) is 4.93. The Bertz CT molecular complexity index is 106. The van der Waals surface area contributed by atoms with Gasteiger partial charge in [0.1, 0.15) is 6.09 Å². The Morgan fingerprint density at radius 2 is 2.22 bits per heavy atom. The maximum atomic E-state index is 9.77. The van der Waals surface area contributed by atoms with Crippen LogP contribution in [0.4, 0.5) is 4.79 Å². The SMILES string of the molecule is CC(C)(N)CNC(=O)[O-]. The van der Waals surface area contributed by atoms with Crippen LogP contribution >= 0.6 is 0 Å². The second kappa shape index (κ2) is 2.68. The Labute approximate surface area is 54.0 Å². The molecule has 0 fully saturated rings. The van der Waals surface area contributed by atoms with E-state index in [0.717, 1.165) is 0 Å². The molecule has 0 aromatic carbocycles. The normalized spacial score (nSPS) is 11.0. The highest BCUT2D eigenvalue weighted by Gasteiger charge is 2.08. The maximum absolute atomic E-state index is 9.77. The maximum Gasteiger partial charge on any atom is 0.134 e. The Hall–Kier alpha value is -0.770. The highest BCUT2D eigenvalue weighted by molar-refractivity contribution is 5.61. The van der Waals surface area contributed by atoms with Crippen molar-refractivity contribution in [2.24, 2.45) is 5.73 Å². The average Bonchev–Trinajstić information content (AvgIpc) is 1.59. The standard InChI is InChI=1S/C5H12N2O2/c1-5(2,6)3-7-4(8)9/h7H,3,6H2,1-2H3,(H,8,9)/p-1. The Morgan fingerprint density at radius 3 is 2.33 bits per heavy atom. The third-order valence-corrected chi connectivity index (χ3v) is 0.688. The minimum absolute atomic E-state index is 0.218. The summed E-state index contributed by atoms with van der Waals surface area (Å²) in [5, 5.41) is 11.8. The van der Waals surface area contributed by atoms with Crippen LogP contribution in [0.3, 0.4) is 0 Å². The number of hydrogen-bond donors (Lipinski definition) is 2. The Balaban J connectivity index is 3.39. The van der Waals surface area contributed by atoms with Gasteiger partial charge in [0, 0.05) is 12.1 Å². The lowest BCUT2D eigenvalue weighted by Gasteiger charge is -2.19. The van der Waals surface area contributed by atoms with Crippen LogP contribution in [-0.4, -0.2) is 18.2 Å². The Kier molecular flexibility index (Phi) is 2.45. The van der Waals surface area contributed by atoms with E-state index in [1.807, 2.05) is 0 Å². The minimum atomic E-state index is -1.28. The van der Waals surface area contributed by atoms with Crippen molar-refractivity contribution in [1.82, 2.24) is 5.32 Å². The van der Waals surface area contributed by atoms with E-state index in [0.29, 0.717) is 0 Å². The molecule has 0 aromatic rings. The van der Waals surface area contributed by atoms with E-state index >= 15 is 0 Å². The summed E-state index contributed by atoms with van der Waals surface area (Å²) in [6.07, 6.45) is -1.28. The van der Waals surface area contributed by atoms with Crippen molar-refractivity contribution in [3.05, 3.63) is 0 Å². The van der Waals surface area contributed by atoms with Crippen LogP contribution < -0.4 is 16.2 Å². The van der Waals surface area contributed by atoms with Gasteiger partial charge in [-0.05, 0) is 13.8 Å². The average molecular weight is 131 g/mol. The van der Waals surface area contributed by atoms with Gasteiger partial charge in [-0.1, -0.05) is 0 Å². The molecule has 0 unspecified atom stereocenters. The number of rotatable bonds is 2. The minimum Gasteiger partial charge on any atom is -0.530 e. The summed E-state index contributed by atoms with van der Waals surface area (Å²) >= 11 is 0. The van der Waals surface area contributed by atoms with E-state index in [1.165, 1.54) is 0 Å². The van der Waals surface area contributed by atoms with E-state index in [9.17, 15) is 9.90 Å². The third-order valence-electron chi connectivity index (χ3n) is 0.688.